The quantitative estimate of drug-likeness (QED) is 0.357. The van der Waals surface area contributed by atoms with E-state index in [-0.39, 0.29) is 30.2 Å². The lowest BCUT2D eigenvalue weighted by atomic mass is 10.0. The van der Waals surface area contributed by atoms with Crippen molar-refractivity contribution in [3.8, 4) is 0 Å². The average molecular weight is 495 g/mol. The van der Waals surface area contributed by atoms with Gasteiger partial charge in [-0.15, -0.1) is 11.8 Å². The molecule has 2 amide bonds. The fourth-order valence-corrected chi connectivity index (χ4v) is 4.59. The van der Waals surface area contributed by atoms with Gasteiger partial charge in [0.25, 0.3) is 0 Å². The smallest absolute Gasteiger partial charge is 0.243 e. The van der Waals surface area contributed by atoms with Crippen LogP contribution in [-0.2, 0) is 22.6 Å². The second kappa shape index (κ2) is 12.6. The summed E-state index contributed by atoms with van der Waals surface area (Å²) < 4.78 is 0. The summed E-state index contributed by atoms with van der Waals surface area (Å²) in [5.41, 5.74) is 2.98. The highest BCUT2D eigenvalue weighted by Crippen LogP contribution is 2.23. The number of rotatable bonds is 10. The number of nitrogens with one attached hydrogen (secondary N) is 1. The first kappa shape index (κ1) is 25.9. The van der Waals surface area contributed by atoms with Crippen molar-refractivity contribution < 1.29 is 9.59 Å². The monoisotopic (exact) mass is 494 g/mol. The Morgan fingerprint density at radius 3 is 2.24 bits per heavy atom. The number of carbonyl (C=O) groups is 2. The number of carbonyl (C=O) groups excluding carboxylic acids is 2. The fraction of sp³-hybridized carbons (Fsp3) is 0.286. The van der Waals surface area contributed by atoms with Crippen LogP contribution in [0.15, 0.2) is 83.8 Å². The number of benzene rings is 3. The van der Waals surface area contributed by atoms with Gasteiger partial charge >= 0.3 is 0 Å². The van der Waals surface area contributed by atoms with Crippen molar-refractivity contribution in [2.75, 3.05) is 5.75 Å². The Balaban J connectivity index is 1.91. The van der Waals surface area contributed by atoms with E-state index in [9.17, 15) is 9.59 Å². The highest BCUT2D eigenvalue weighted by Gasteiger charge is 2.31. The zero-order valence-corrected chi connectivity index (χ0v) is 21.4. The van der Waals surface area contributed by atoms with Crippen LogP contribution in [-0.4, -0.2) is 34.6 Å². The molecule has 34 heavy (non-hydrogen) atoms. The molecule has 0 aromatic heterocycles. The van der Waals surface area contributed by atoms with Crippen molar-refractivity contribution in [3.05, 3.63) is 101 Å². The summed E-state index contributed by atoms with van der Waals surface area (Å²) >= 11 is 7.92. The highest BCUT2D eigenvalue weighted by molar-refractivity contribution is 8.00. The minimum Gasteiger partial charge on any atom is -0.352 e. The topological polar surface area (TPSA) is 49.4 Å². The zero-order valence-electron chi connectivity index (χ0n) is 19.8. The van der Waals surface area contributed by atoms with Crippen LogP contribution in [0.1, 0.15) is 30.5 Å². The third-order valence-corrected chi connectivity index (χ3v) is 6.75. The first-order valence-electron chi connectivity index (χ1n) is 11.4. The van der Waals surface area contributed by atoms with Gasteiger partial charge in [-0.3, -0.25) is 9.59 Å². The average Bonchev–Trinajstić information content (AvgIpc) is 2.82. The molecule has 0 aliphatic carbocycles. The molecule has 1 N–H and O–H groups in total. The minimum absolute atomic E-state index is 0.0371. The normalized spacial score (nSPS) is 11.8. The zero-order chi connectivity index (χ0) is 24.5. The molecular weight excluding hydrogens is 464 g/mol. The van der Waals surface area contributed by atoms with Crippen LogP contribution < -0.4 is 5.32 Å². The first-order chi connectivity index (χ1) is 16.3. The Hall–Kier alpha value is -2.76. The second-order valence-electron chi connectivity index (χ2n) is 8.58. The molecule has 0 unspecified atom stereocenters. The van der Waals surface area contributed by atoms with E-state index in [0.29, 0.717) is 11.4 Å². The predicted molar refractivity (Wildman–Crippen MR) is 141 cm³/mol. The van der Waals surface area contributed by atoms with Gasteiger partial charge in [0.1, 0.15) is 6.04 Å². The number of amides is 2. The van der Waals surface area contributed by atoms with Crippen LogP contribution in [0.4, 0.5) is 0 Å². The van der Waals surface area contributed by atoms with Crippen molar-refractivity contribution >= 4 is 35.2 Å². The SMILES string of the molecule is Cc1ccc(SCC(=O)N(Cc2ccccc2Cl)[C@@H](Cc2ccccc2)C(=O)NC(C)C)cc1. The summed E-state index contributed by atoms with van der Waals surface area (Å²) in [5.74, 6) is -0.0433. The van der Waals surface area contributed by atoms with Gasteiger partial charge in [0.15, 0.2) is 0 Å². The molecule has 0 saturated carbocycles. The van der Waals surface area contributed by atoms with Gasteiger partial charge in [0.05, 0.1) is 5.75 Å². The molecule has 4 nitrogen and oxygen atoms in total. The van der Waals surface area contributed by atoms with Crippen LogP contribution in [0.5, 0.6) is 0 Å². The number of hydrogen-bond donors (Lipinski definition) is 1. The fourth-order valence-electron chi connectivity index (χ4n) is 3.61. The molecule has 0 spiro atoms. The number of nitrogens with zero attached hydrogens (tertiary/aromatic N) is 1. The van der Waals surface area contributed by atoms with Gasteiger partial charge in [-0.05, 0) is 50.1 Å². The molecule has 178 valence electrons. The molecule has 0 saturated heterocycles. The third-order valence-electron chi connectivity index (χ3n) is 5.38. The van der Waals surface area contributed by atoms with Crippen LogP contribution in [0.3, 0.4) is 0 Å². The van der Waals surface area contributed by atoms with E-state index in [1.165, 1.54) is 17.3 Å². The van der Waals surface area contributed by atoms with Gasteiger partial charge in [0.2, 0.25) is 11.8 Å². The second-order valence-corrected chi connectivity index (χ2v) is 10.0. The molecule has 0 bridgehead atoms. The Bertz CT molecular complexity index is 1090. The Morgan fingerprint density at radius 1 is 0.941 bits per heavy atom. The molecule has 0 fully saturated rings. The van der Waals surface area contributed by atoms with Gasteiger partial charge in [-0.1, -0.05) is 77.8 Å². The Morgan fingerprint density at radius 2 is 1.59 bits per heavy atom. The molecule has 0 heterocycles. The summed E-state index contributed by atoms with van der Waals surface area (Å²) in [6.07, 6.45) is 0.421. The molecular formula is C28H31ClN2O2S. The minimum atomic E-state index is -0.660. The van der Waals surface area contributed by atoms with E-state index >= 15 is 0 Å². The van der Waals surface area contributed by atoms with Gasteiger partial charge in [-0.2, -0.15) is 0 Å². The molecule has 3 aromatic carbocycles. The van der Waals surface area contributed by atoms with E-state index in [4.69, 9.17) is 11.6 Å². The van der Waals surface area contributed by atoms with Crippen LogP contribution in [0.25, 0.3) is 0 Å². The molecule has 0 aliphatic rings. The molecule has 0 aliphatic heterocycles. The highest BCUT2D eigenvalue weighted by atomic mass is 35.5. The summed E-state index contributed by atoms with van der Waals surface area (Å²) in [6, 6.07) is 24.6. The predicted octanol–water partition coefficient (Wildman–Crippen LogP) is 5.91. The van der Waals surface area contributed by atoms with E-state index in [1.54, 1.807) is 11.0 Å². The maximum atomic E-state index is 13.6. The van der Waals surface area contributed by atoms with Crippen LogP contribution >= 0.6 is 23.4 Å². The maximum absolute atomic E-state index is 13.6. The van der Waals surface area contributed by atoms with Gasteiger partial charge < -0.3 is 10.2 Å². The Kier molecular flexibility index (Phi) is 9.61. The lowest BCUT2D eigenvalue weighted by Gasteiger charge is -2.32. The standard InChI is InChI=1S/C28H31ClN2O2S/c1-20(2)30-28(33)26(17-22-9-5-4-6-10-22)31(18-23-11-7-8-12-25(23)29)27(32)19-34-24-15-13-21(3)14-16-24/h4-16,20,26H,17-19H2,1-3H3,(H,30,33)/t26-/m0/s1. The van der Waals surface area contributed by atoms with Crippen molar-refractivity contribution in [1.82, 2.24) is 10.2 Å². The number of hydrogen-bond acceptors (Lipinski definition) is 3. The number of thioether (sulfide) groups is 1. The van der Waals surface area contributed by atoms with E-state index in [1.807, 2.05) is 93.6 Å². The lowest BCUT2D eigenvalue weighted by Crippen LogP contribution is -2.52. The maximum Gasteiger partial charge on any atom is 0.243 e. The largest absolute Gasteiger partial charge is 0.352 e. The van der Waals surface area contributed by atoms with Crippen LogP contribution in [0, 0.1) is 6.92 Å². The molecule has 3 aromatic rings. The van der Waals surface area contributed by atoms with Crippen molar-refractivity contribution in [2.24, 2.45) is 0 Å². The van der Waals surface area contributed by atoms with Gasteiger partial charge in [-0.25, -0.2) is 0 Å². The summed E-state index contributed by atoms with van der Waals surface area (Å²) in [5, 5.41) is 3.58. The number of halogens is 1. The van der Waals surface area contributed by atoms with E-state index < -0.39 is 6.04 Å². The first-order valence-corrected chi connectivity index (χ1v) is 12.8. The third kappa shape index (κ3) is 7.64. The van der Waals surface area contributed by atoms with Crippen molar-refractivity contribution in [3.63, 3.8) is 0 Å². The Labute approximate surface area is 211 Å². The summed E-state index contributed by atoms with van der Waals surface area (Å²) in [6.45, 7) is 6.14. The lowest BCUT2D eigenvalue weighted by molar-refractivity contribution is -0.139. The van der Waals surface area contributed by atoms with Crippen molar-refractivity contribution in [1.29, 1.82) is 0 Å². The summed E-state index contributed by atoms with van der Waals surface area (Å²) in [7, 11) is 0. The molecule has 6 heteroatoms. The molecule has 0 radical (unpaired) electrons. The molecule has 1 atom stereocenters. The van der Waals surface area contributed by atoms with Gasteiger partial charge in [0, 0.05) is 28.9 Å². The summed E-state index contributed by atoms with van der Waals surface area (Å²) in [4.78, 5) is 29.6. The van der Waals surface area contributed by atoms with E-state index in [2.05, 4.69) is 5.32 Å². The number of aryl methyl sites for hydroxylation is 1. The van der Waals surface area contributed by atoms with E-state index in [0.717, 1.165) is 16.0 Å². The molecule has 3 rings (SSSR count). The van der Waals surface area contributed by atoms with Crippen LogP contribution in [0.2, 0.25) is 5.02 Å². The van der Waals surface area contributed by atoms with Crippen molar-refractivity contribution in [2.45, 2.75) is 50.7 Å².